The van der Waals surface area contributed by atoms with E-state index >= 15 is 0 Å². The number of hydrogen-bond donors (Lipinski definition) is 1. The summed E-state index contributed by atoms with van der Waals surface area (Å²) in [4.78, 5) is 32.6. The number of ether oxygens (including phenoxy) is 2. The topological polar surface area (TPSA) is 93.4 Å². The van der Waals surface area contributed by atoms with Crippen LogP contribution in [0.1, 0.15) is 55.6 Å². The molecule has 1 aromatic carbocycles. The number of benzene rings is 1. The lowest BCUT2D eigenvalue weighted by Crippen LogP contribution is -2.31. The monoisotopic (exact) mass is 491 g/mol. The maximum Gasteiger partial charge on any atom is 0.295 e. The van der Waals surface area contributed by atoms with Crippen molar-refractivity contribution in [3.63, 3.8) is 0 Å². The molecule has 1 N–H and O–H groups in total. The number of fused-ring (bicyclic) bond motifs is 1. The molecule has 1 aliphatic heterocycles. The number of aliphatic hydroxyl groups excluding tert-OH is 1. The van der Waals surface area contributed by atoms with Crippen LogP contribution in [0, 0.1) is 6.92 Å². The van der Waals surface area contributed by atoms with Crippen molar-refractivity contribution in [2.24, 2.45) is 0 Å². The SMILES string of the molecule is CCCCCOc1cccc(C2C(=C(O)c3c(C)nc4ccccn34)C(=O)C(=O)N2CCCOC)c1. The number of imidazole rings is 1. The van der Waals surface area contributed by atoms with Gasteiger partial charge >= 0.3 is 0 Å². The van der Waals surface area contributed by atoms with Crippen LogP contribution in [0.15, 0.2) is 54.2 Å². The summed E-state index contributed by atoms with van der Waals surface area (Å²) in [7, 11) is 1.60. The number of carbonyl (C=O) groups excluding carboxylic acids is 2. The van der Waals surface area contributed by atoms with E-state index in [4.69, 9.17) is 9.47 Å². The van der Waals surface area contributed by atoms with Gasteiger partial charge in [-0.3, -0.25) is 14.0 Å². The van der Waals surface area contributed by atoms with Gasteiger partial charge in [-0.15, -0.1) is 0 Å². The normalized spacial score (nSPS) is 17.3. The number of amides is 1. The molecule has 1 saturated heterocycles. The van der Waals surface area contributed by atoms with E-state index < -0.39 is 17.7 Å². The van der Waals surface area contributed by atoms with E-state index in [0.717, 1.165) is 19.3 Å². The molecule has 3 aromatic rings. The largest absolute Gasteiger partial charge is 0.505 e. The summed E-state index contributed by atoms with van der Waals surface area (Å²) in [6.07, 6.45) is 5.46. The number of carbonyl (C=O) groups is 2. The van der Waals surface area contributed by atoms with E-state index in [1.807, 2.05) is 42.5 Å². The predicted molar refractivity (Wildman–Crippen MR) is 137 cm³/mol. The van der Waals surface area contributed by atoms with Crippen molar-refractivity contribution in [1.82, 2.24) is 14.3 Å². The third kappa shape index (κ3) is 4.99. The zero-order valence-electron chi connectivity index (χ0n) is 21.1. The summed E-state index contributed by atoms with van der Waals surface area (Å²) < 4.78 is 12.8. The van der Waals surface area contributed by atoms with E-state index in [9.17, 15) is 14.7 Å². The van der Waals surface area contributed by atoms with Gasteiger partial charge in [0.2, 0.25) is 0 Å². The number of ketones is 1. The van der Waals surface area contributed by atoms with Gasteiger partial charge in [0.05, 0.1) is 23.9 Å². The summed E-state index contributed by atoms with van der Waals surface area (Å²) in [5, 5.41) is 11.5. The van der Waals surface area contributed by atoms with Gasteiger partial charge in [0.15, 0.2) is 5.76 Å². The molecular formula is C28H33N3O5. The van der Waals surface area contributed by atoms with Gasteiger partial charge in [0, 0.05) is 26.5 Å². The van der Waals surface area contributed by atoms with Gasteiger partial charge in [-0.1, -0.05) is 38.0 Å². The van der Waals surface area contributed by atoms with Crippen LogP contribution in [-0.2, 0) is 14.3 Å². The van der Waals surface area contributed by atoms with Crippen LogP contribution in [0.5, 0.6) is 5.75 Å². The molecule has 0 aliphatic carbocycles. The third-order valence-corrected chi connectivity index (χ3v) is 6.41. The van der Waals surface area contributed by atoms with Gasteiger partial charge in [-0.05, 0) is 49.6 Å². The molecule has 3 heterocycles. The molecule has 1 fully saturated rings. The second kappa shape index (κ2) is 11.4. The first-order valence-electron chi connectivity index (χ1n) is 12.4. The Morgan fingerprint density at radius 1 is 1.08 bits per heavy atom. The van der Waals surface area contributed by atoms with Crippen molar-refractivity contribution in [1.29, 1.82) is 0 Å². The fourth-order valence-electron chi connectivity index (χ4n) is 4.68. The molecule has 1 unspecified atom stereocenters. The number of aromatic nitrogens is 2. The summed E-state index contributed by atoms with van der Waals surface area (Å²) in [5.74, 6) is -0.928. The Morgan fingerprint density at radius 3 is 2.69 bits per heavy atom. The molecule has 36 heavy (non-hydrogen) atoms. The molecule has 4 rings (SSSR count). The lowest BCUT2D eigenvalue weighted by Gasteiger charge is -2.25. The summed E-state index contributed by atoms with van der Waals surface area (Å²) in [6.45, 7) is 5.26. The van der Waals surface area contributed by atoms with E-state index in [-0.39, 0.29) is 11.3 Å². The number of Topliss-reactive ketones (excluding diaryl/α,β-unsaturated/α-hetero) is 1. The van der Waals surface area contributed by atoms with Crippen LogP contribution in [0.4, 0.5) is 0 Å². The molecule has 2 aromatic heterocycles. The van der Waals surface area contributed by atoms with Gasteiger partial charge in [-0.25, -0.2) is 4.98 Å². The fraction of sp³-hybridized carbons (Fsp3) is 0.393. The van der Waals surface area contributed by atoms with Crippen LogP contribution in [-0.4, -0.2) is 57.9 Å². The first-order chi connectivity index (χ1) is 17.5. The first kappa shape index (κ1) is 25.4. The van der Waals surface area contributed by atoms with Crippen LogP contribution >= 0.6 is 0 Å². The predicted octanol–water partition coefficient (Wildman–Crippen LogP) is 4.67. The highest BCUT2D eigenvalue weighted by atomic mass is 16.5. The van der Waals surface area contributed by atoms with Gasteiger partial charge in [0.25, 0.3) is 11.7 Å². The highest BCUT2D eigenvalue weighted by Gasteiger charge is 2.46. The summed E-state index contributed by atoms with van der Waals surface area (Å²) in [5.41, 5.74) is 2.36. The molecule has 190 valence electrons. The van der Waals surface area contributed by atoms with Crippen molar-refractivity contribution in [3.8, 4) is 5.75 Å². The van der Waals surface area contributed by atoms with Crippen molar-refractivity contribution >= 4 is 23.1 Å². The van der Waals surface area contributed by atoms with Crippen molar-refractivity contribution in [2.75, 3.05) is 26.9 Å². The number of rotatable bonds is 11. The Morgan fingerprint density at radius 2 is 1.92 bits per heavy atom. The Hall–Kier alpha value is -3.65. The van der Waals surface area contributed by atoms with Crippen LogP contribution in [0.3, 0.4) is 0 Å². The van der Waals surface area contributed by atoms with E-state index in [0.29, 0.717) is 54.5 Å². The maximum atomic E-state index is 13.3. The number of likely N-dealkylation sites (tertiary alicyclic amines) is 1. The van der Waals surface area contributed by atoms with Gasteiger partial charge in [0.1, 0.15) is 17.1 Å². The Labute approximate surface area is 211 Å². The van der Waals surface area contributed by atoms with Crippen molar-refractivity contribution in [3.05, 3.63) is 71.2 Å². The quantitative estimate of drug-likeness (QED) is 0.181. The van der Waals surface area contributed by atoms with Crippen LogP contribution < -0.4 is 4.74 Å². The molecule has 0 radical (unpaired) electrons. The maximum absolute atomic E-state index is 13.3. The molecule has 0 bridgehead atoms. The minimum Gasteiger partial charge on any atom is -0.505 e. The number of nitrogens with zero attached hydrogens (tertiary/aromatic N) is 3. The number of unbranched alkanes of at least 4 members (excludes halogenated alkanes) is 2. The first-order valence-corrected chi connectivity index (χ1v) is 12.4. The third-order valence-electron chi connectivity index (χ3n) is 6.41. The minimum atomic E-state index is -0.755. The second-order valence-electron chi connectivity index (χ2n) is 8.94. The lowest BCUT2D eigenvalue weighted by atomic mass is 9.96. The number of aryl methyl sites for hydroxylation is 1. The number of hydrogen-bond acceptors (Lipinski definition) is 6. The van der Waals surface area contributed by atoms with E-state index in [1.165, 1.54) is 4.90 Å². The van der Waals surface area contributed by atoms with Crippen LogP contribution in [0.2, 0.25) is 0 Å². The highest BCUT2D eigenvalue weighted by Crippen LogP contribution is 2.40. The summed E-state index contributed by atoms with van der Waals surface area (Å²) in [6, 6.07) is 12.2. The van der Waals surface area contributed by atoms with E-state index in [1.54, 1.807) is 24.6 Å². The van der Waals surface area contributed by atoms with Gasteiger partial charge in [-0.2, -0.15) is 0 Å². The average molecular weight is 492 g/mol. The molecule has 8 heteroatoms. The smallest absolute Gasteiger partial charge is 0.295 e. The molecule has 0 saturated carbocycles. The minimum absolute atomic E-state index is 0.0503. The fourth-order valence-corrected chi connectivity index (χ4v) is 4.68. The average Bonchev–Trinajstić information content (AvgIpc) is 3.35. The summed E-state index contributed by atoms with van der Waals surface area (Å²) >= 11 is 0. The molecule has 1 amide bonds. The molecule has 1 atom stereocenters. The highest BCUT2D eigenvalue weighted by molar-refractivity contribution is 6.46. The lowest BCUT2D eigenvalue weighted by molar-refractivity contribution is -0.140. The standard InChI is InChI=1S/C28H33N3O5/c1-4-5-8-17-36-21-12-9-11-20(18-21)25-23(27(33)28(34)31(25)15-10-16-35-3)26(32)24-19(2)29-22-13-6-7-14-30(22)24/h6-7,9,11-14,18,25,32H,4-5,8,10,15-17H2,1-3H3. The second-order valence-corrected chi connectivity index (χ2v) is 8.94. The van der Waals surface area contributed by atoms with Gasteiger partial charge < -0.3 is 19.5 Å². The number of methoxy groups -OCH3 is 1. The van der Waals surface area contributed by atoms with Crippen molar-refractivity contribution in [2.45, 2.75) is 45.6 Å². The number of pyridine rings is 1. The van der Waals surface area contributed by atoms with E-state index in [2.05, 4.69) is 11.9 Å². The zero-order valence-corrected chi connectivity index (χ0v) is 21.1. The molecule has 8 nitrogen and oxygen atoms in total. The number of aliphatic hydroxyl groups is 1. The molecular weight excluding hydrogens is 458 g/mol. The molecule has 0 spiro atoms. The van der Waals surface area contributed by atoms with Crippen LogP contribution in [0.25, 0.3) is 11.4 Å². The molecule has 1 aliphatic rings. The van der Waals surface area contributed by atoms with Crippen molar-refractivity contribution < 1.29 is 24.2 Å². The Balaban J connectivity index is 1.80. The zero-order chi connectivity index (χ0) is 25.7. The Bertz CT molecular complexity index is 1280. The Kier molecular flexibility index (Phi) is 8.05.